The number of aliphatic carboxylic acids is 1. The number of amides is 1. The Morgan fingerprint density at radius 2 is 2.11 bits per heavy atom. The molecule has 2 N–H and O–H groups in total. The Kier molecular flexibility index (Phi) is 3.52. The Labute approximate surface area is 108 Å². The Morgan fingerprint density at radius 1 is 1.44 bits per heavy atom. The van der Waals surface area contributed by atoms with Gasteiger partial charge in [-0.15, -0.1) is 0 Å². The number of rotatable bonds is 4. The van der Waals surface area contributed by atoms with E-state index in [1.165, 1.54) is 18.2 Å². The summed E-state index contributed by atoms with van der Waals surface area (Å²) >= 11 is 5.56. The Bertz CT molecular complexity index is 502. The van der Waals surface area contributed by atoms with Gasteiger partial charge in [-0.05, 0) is 30.9 Å². The summed E-state index contributed by atoms with van der Waals surface area (Å²) in [6.45, 7) is 0. The summed E-state index contributed by atoms with van der Waals surface area (Å²) in [7, 11) is 0. The normalized spacial score (nSPS) is 16.1. The van der Waals surface area contributed by atoms with Gasteiger partial charge in [-0.3, -0.25) is 4.79 Å². The maximum Gasteiger partial charge on any atom is 0.326 e. The number of halogens is 2. The molecule has 1 atom stereocenters. The van der Waals surface area contributed by atoms with Gasteiger partial charge in [0, 0.05) is 0 Å². The lowest BCUT2D eigenvalue weighted by atomic mass is 10.1. The van der Waals surface area contributed by atoms with Crippen molar-refractivity contribution < 1.29 is 19.1 Å². The van der Waals surface area contributed by atoms with E-state index in [4.69, 9.17) is 16.7 Å². The van der Waals surface area contributed by atoms with Crippen molar-refractivity contribution in [2.75, 3.05) is 0 Å². The molecular weight excluding hydrogens is 261 g/mol. The van der Waals surface area contributed by atoms with Crippen LogP contribution in [0.15, 0.2) is 18.2 Å². The second kappa shape index (κ2) is 4.94. The predicted octanol–water partition coefficient (Wildman–Crippen LogP) is 2.07. The first-order valence-electron chi connectivity index (χ1n) is 5.48. The minimum Gasteiger partial charge on any atom is -0.480 e. The fraction of sp³-hybridized carbons (Fsp3) is 0.333. The van der Waals surface area contributed by atoms with Gasteiger partial charge in [0.1, 0.15) is 6.04 Å². The number of carbonyl (C=O) groups excluding carboxylic acids is 1. The van der Waals surface area contributed by atoms with Crippen molar-refractivity contribution in [1.82, 2.24) is 5.32 Å². The summed E-state index contributed by atoms with van der Waals surface area (Å²) in [5.41, 5.74) is -0.241. The van der Waals surface area contributed by atoms with Gasteiger partial charge in [-0.1, -0.05) is 17.7 Å². The van der Waals surface area contributed by atoms with Gasteiger partial charge in [-0.2, -0.15) is 0 Å². The van der Waals surface area contributed by atoms with Gasteiger partial charge in [-0.25, -0.2) is 9.18 Å². The van der Waals surface area contributed by atoms with E-state index >= 15 is 0 Å². The molecule has 6 heteroatoms. The standard InChI is InChI=1S/C12H11ClFNO3/c13-8-3-1-2-7(9(8)14)11(16)15-10(12(17)18)6-4-5-6/h1-3,6,10H,4-5H2,(H,15,16)(H,17,18). The maximum atomic E-state index is 13.6. The van der Waals surface area contributed by atoms with Gasteiger partial charge in [0.2, 0.25) is 0 Å². The average molecular weight is 272 g/mol. The fourth-order valence-electron chi connectivity index (χ4n) is 1.71. The Morgan fingerprint density at radius 3 is 2.67 bits per heavy atom. The highest BCUT2D eigenvalue weighted by molar-refractivity contribution is 6.31. The summed E-state index contributed by atoms with van der Waals surface area (Å²) in [6.07, 6.45) is 1.52. The molecule has 18 heavy (non-hydrogen) atoms. The lowest BCUT2D eigenvalue weighted by Crippen LogP contribution is -2.42. The van der Waals surface area contributed by atoms with E-state index in [1.807, 2.05) is 0 Å². The van der Waals surface area contributed by atoms with Crippen molar-refractivity contribution in [2.24, 2.45) is 5.92 Å². The third kappa shape index (κ3) is 2.61. The van der Waals surface area contributed by atoms with Crippen molar-refractivity contribution in [3.8, 4) is 0 Å². The van der Waals surface area contributed by atoms with E-state index in [9.17, 15) is 14.0 Å². The van der Waals surface area contributed by atoms with Crippen molar-refractivity contribution in [1.29, 1.82) is 0 Å². The number of hydrogen-bond donors (Lipinski definition) is 2. The molecule has 1 aliphatic rings. The number of carboxylic acid groups (broad SMARTS) is 1. The van der Waals surface area contributed by atoms with E-state index < -0.39 is 23.7 Å². The molecule has 1 unspecified atom stereocenters. The molecule has 0 bridgehead atoms. The van der Waals surface area contributed by atoms with Gasteiger partial charge in [0.05, 0.1) is 10.6 Å². The quantitative estimate of drug-likeness (QED) is 0.881. The van der Waals surface area contributed by atoms with Crippen molar-refractivity contribution in [3.63, 3.8) is 0 Å². The second-order valence-electron chi connectivity index (χ2n) is 4.23. The first-order chi connectivity index (χ1) is 8.50. The minimum atomic E-state index is -1.10. The van der Waals surface area contributed by atoms with Gasteiger partial charge in [0.15, 0.2) is 5.82 Å². The fourth-order valence-corrected chi connectivity index (χ4v) is 1.88. The molecule has 0 heterocycles. The molecule has 1 saturated carbocycles. The molecule has 0 radical (unpaired) electrons. The molecular formula is C12H11ClFNO3. The number of nitrogens with one attached hydrogen (secondary N) is 1. The van der Waals surface area contributed by atoms with Crippen LogP contribution >= 0.6 is 11.6 Å². The lowest BCUT2D eigenvalue weighted by Gasteiger charge is -2.14. The molecule has 96 valence electrons. The highest BCUT2D eigenvalue weighted by Gasteiger charge is 2.37. The van der Waals surface area contributed by atoms with Gasteiger partial charge >= 0.3 is 5.97 Å². The van der Waals surface area contributed by atoms with E-state index in [0.717, 1.165) is 12.8 Å². The third-order valence-corrected chi connectivity index (χ3v) is 3.13. The maximum absolute atomic E-state index is 13.6. The molecule has 1 aliphatic carbocycles. The topological polar surface area (TPSA) is 66.4 Å². The molecule has 0 spiro atoms. The third-order valence-electron chi connectivity index (χ3n) is 2.84. The van der Waals surface area contributed by atoms with Crippen LogP contribution < -0.4 is 5.32 Å². The van der Waals surface area contributed by atoms with E-state index in [-0.39, 0.29) is 16.5 Å². The van der Waals surface area contributed by atoms with Crippen LogP contribution in [0.2, 0.25) is 5.02 Å². The zero-order valence-corrected chi connectivity index (χ0v) is 10.1. The molecule has 1 aromatic rings. The van der Waals surface area contributed by atoms with Gasteiger partial charge in [0.25, 0.3) is 5.91 Å². The number of hydrogen-bond acceptors (Lipinski definition) is 2. The zero-order chi connectivity index (χ0) is 13.3. The molecule has 4 nitrogen and oxygen atoms in total. The van der Waals surface area contributed by atoms with Crippen molar-refractivity contribution >= 4 is 23.5 Å². The highest BCUT2D eigenvalue weighted by Crippen LogP contribution is 2.33. The molecule has 1 fully saturated rings. The van der Waals surface area contributed by atoms with Gasteiger partial charge < -0.3 is 10.4 Å². The first kappa shape index (κ1) is 12.8. The number of carboxylic acids is 1. The van der Waals surface area contributed by atoms with Crippen molar-refractivity contribution in [3.05, 3.63) is 34.6 Å². The smallest absolute Gasteiger partial charge is 0.326 e. The zero-order valence-electron chi connectivity index (χ0n) is 9.32. The minimum absolute atomic E-state index is 0.0614. The SMILES string of the molecule is O=C(NC(C(=O)O)C1CC1)c1cccc(Cl)c1F. The second-order valence-corrected chi connectivity index (χ2v) is 4.64. The number of benzene rings is 1. The van der Waals surface area contributed by atoms with Crippen LogP contribution in [0.25, 0.3) is 0 Å². The Balaban J connectivity index is 2.16. The largest absolute Gasteiger partial charge is 0.480 e. The molecule has 0 aliphatic heterocycles. The summed E-state index contributed by atoms with van der Waals surface area (Å²) in [4.78, 5) is 22.8. The summed E-state index contributed by atoms with van der Waals surface area (Å²) in [5.74, 6) is -2.76. The summed E-state index contributed by atoms with van der Waals surface area (Å²) in [5, 5.41) is 11.1. The highest BCUT2D eigenvalue weighted by atomic mass is 35.5. The van der Waals surface area contributed by atoms with E-state index in [2.05, 4.69) is 5.32 Å². The molecule has 0 aromatic heterocycles. The van der Waals surface area contributed by atoms with Crippen LogP contribution in [-0.2, 0) is 4.79 Å². The van der Waals surface area contributed by atoms with Crippen LogP contribution in [0, 0.1) is 11.7 Å². The van der Waals surface area contributed by atoms with Crippen LogP contribution in [0.5, 0.6) is 0 Å². The van der Waals surface area contributed by atoms with Crippen LogP contribution in [0.3, 0.4) is 0 Å². The Hall–Kier alpha value is -1.62. The molecule has 1 amide bonds. The van der Waals surface area contributed by atoms with Crippen LogP contribution in [0.4, 0.5) is 4.39 Å². The lowest BCUT2D eigenvalue weighted by molar-refractivity contribution is -0.139. The van der Waals surface area contributed by atoms with E-state index in [1.54, 1.807) is 0 Å². The average Bonchev–Trinajstić information content (AvgIpc) is 3.13. The van der Waals surface area contributed by atoms with E-state index in [0.29, 0.717) is 0 Å². The monoisotopic (exact) mass is 271 g/mol. The van der Waals surface area contributed by atoms with Crippen molar-refractivity contribution in [2.45, 2.75) is 18.9 Å². The summed E-state index contributed by atoms with van der Waals surface area (Å²) in [6, 6.07) is 3.06. The molecule has 2 rings (SSSR count). The number of carbonyl (C=O) groups is 2. The molecule has 1 aromatic carbocycles. The summed E-state index contributed by atoms with van der Waals surface area (Å²) < 4.78 is 13.6. The first-order valence-corrected chi connectivity index (χ1v) is 5.86. The predicted molar refractivity (Wildman–Crippen MR) is 63.0 cm³/mol. The molecule has 0 saturated heterocycles. The van der Waals surface area contributed by atoms with Crippen LogP contribution in [0.1, 0.15) is 23.2 Å². The van der Waals surface area contributed by atoms with Crippen LogP contribution in [-0.4, -0.2) is 23.0 Å².